The van der Waals surface area contributed by atoms with Crippen LogP contribution in [0.4, 0.5) is 0 Å². The molecule has 170 valence electrons. The number of rotatable bonds is 6. The number of carbonyl (C=O) groups excluding carboxylic acids is 1. The summed E-state index contributed by atoms with van der Waals surface area (Å²) in [6, 6.07) is 13.6. The molecule has 5 heteroatoms. The van der Waals surface area contributed by atoms with Crippen LogP contribution in [0.3, 0.4) is 0 Å². The summed E-state index contributed by atoms with van der Waals surface area (Å²) in [6.45, 7) is 3.97. The molecule has 3 saturated carbocycles. The molecule has 2 bridgehead atoms. The van der Waals surface area contributed by atoms with E-state index in [9.17, 15) is 15.3 Å². The van der Waals surface area contributed by atoms with Crippen molar-refractivity contribution in [1.29, 1.82) is 10.5 Å². The number of nitrogens with zero attached hydrogens (tertiary/aromatic N) is 2. The summed E-state index contributed by atoms with van der Waals surface area (Å²) in [5.41, 5.74) is 3.56. The Hall–Kier alpha value is -2.82. The van der Waals surface area contributed by atoms with Crippen LogP contribution >= 0.6 is 11.6 Å². The number of hydrogen-bond donors (Lipinski definition) is 0. The number of benzene rings is 2. The third kappa shape index (κ3) is 4.14. The lowest BCUT2D eigenvalue weighted by Crippen LogP contribution is -2.44. The Morgan fingerprint density at radius 1 is 0.970 bits per heavy atom. The zero-order valence-corrected chi connectivity index (χ0v) is 20.1. The maximum atomic E-state index is 11.7. The lowest BCUT2D eigenvalue weighted by molar-refractivity contribution is -0.134. The van der Waals surface area contributed by atoms with Crippen molar-refractivity contribution >= 4 is 17.6 Å². The average Bonchev–Trinajstić information content (AvgIpc) is 2.84. The zero-order valence-electron chi connectivity index (χ0n) is 19.3. The van der Waals surface area contributed by atoms with Crippen molar-refractivity contribution in [1.82, 2.24) is 0 Å². The van der Waals surface area contributed by atoms with Crippen LogP contribution in [0.1, 0.15) is 88.3 Å². The first kappa shape index (κ1) is 23.3. The second-order valence-corrected chi connectivity index (χ2v) is 10.0. The fourth-order valence-electron chi connectivity index (χ4n) is 5.98. The number of carbonyl (C=O) groups is 1. The Morgan fingerprint density at radius 3 is 2.15 bits per heavy atom. The van der Waals surface area contributed by atoms with Crippen LogP contribution in [0.15, 0.2) is 30.3 Å². The van der Waals surface area contributed by atoms with Crippen LogP contribution in [0.25, 0.3) is 11.1 Å². The highest BCUT2D eigenvalue weighted by Gasteiger charge is 2.48. The van der Waals surface area contributed by atoms with Gasteiger partial charge in [-0.05, 0) is 79.5 Å². The molecule has 5 rings (SSSR count). The molecule has 0 amide bonds. The normalized spacial score (nSPS) is 23.5. The molecular weight excluding hydrogens is 432 g/mol. The van der Waals surface area contributed by atoms with Crippen LogP contribution in [-0.2, 0) is 10.2 Å². The van der Waals surface area contributed by atoms with Gasteiger partial charge in [-0.15, -0.1) is 0 Å². The van der Waals surface area contributed by atoms with Gasteiger partial charge in [0.05, 0.1) is 5.56 Å². The zero-order chi connectivity index (χ0) is 23.6. The van der Waals surface area contributed by atoms with Gasteiger partial charge in [-0.2, -0.15) is 10.5 Å². The minimum Gasteiger partial charge on any atom is -0.425 e. The molecule has 0 spiro atoms. The molecule has 0 unspecified atom stereocenters. The molecule has 0 radical (unpaired) electrons. The molecular formula is C28H29ClN2O2. The summed E-state index contributed by atoms with van der Waals surface area (Å²) in [4.78, 5) is 11.7. The molecule has 2 aromatic rings. The minimum absolute atomic E-state index is 0.0577. The predicted octanol–water partition coefficient (Wildman–Crippen LogP) is 7.46. The van der Waals surface area contributed by atoms with Crippen molar-refractivity contribution in [3.63, 3.8) is 0 Å². The first-order chi connectivity index (χ1) is 15.9. The number of nitriles is 2. The maximum absolute atomic E-state index is 11.7. The first-order valence-corrected chi connectivity index (χ1v) is 12.3. The molecule has 3 aliphatic carbocycles. The molecule has 2 aromatic carbocycles. The molecule has 0 saturated heterocycles. The highest BCUT2D eigenvalue weighted by Crippen LogP contribution is 2.59. The summed E-state index contributed by atoms with van der Waals surface area (Å²) in [6.07, 6.45) is 10.3. The van der Waals surface area contributed by atoms with Crippen molar-refractivity contribution < 1.29 is 9.53 Å². The van der Waals surface area contributed by atoms with E-state index in [-0.39, 0.29) is 28.7 Å². The standard InChI is InChI=1S/C28H29ClN2O2/c1-3-9-27-10-13-28(14-11-27,15-12-27)19-5-6-21(24(29)16-19)20-7-8-25(33-26(32)4-2)23(18-31)22(20)17-30/h5-8,16H,3-4,9-15H2,1-2H3. The number of fused-ring (bicyclic) bond motifs is 3. The average molecular weight is 461 g/mol. The summed E-state index contributed by atoms with van der Waals surface area (Å²) in [5.74, 6) is -0.344. The van der Waals surface area contributed by atoms with Crippen molar-refractivity contribution in [2.45, 2.75) is 77.0 Å². The largest absolute Gasteiger partial charge is 0.425 e. The maximum Gasteiger partial charge on any atom is 0.310 e. The molecule has 0 aliphatic heterocycles. The van der Waals surface area contributed by atoms with Crippen molar-refractivity contribution in [3.8, 4) is 29.0 Å². The third-order valence-electron chi connectivity index (χ3n) is 7.96. The van der Waals surface area contributed by atoms with Crippen LogP contribution in [0.5, 0.6) is 5.75 Å². The van der Waals surface area contributed by atoms with Gasteiger partial charge < -0.3 is 4.74 Å². The Bertz CT molecular complexity index is 1150. The van der Waals surface area contributed by atoms with E-state index in [0.717, 1.165) is 0 Å². The lowest BCUT2D eigenvalue weighted by atomic mass is 9.51. The molecule has 0 aromatic heterocycles. The van der Waals surface area contributed by atoms with Gasteiger partial charge in [0.1, 0.15) is 23.5 Å². The molecule has 4 nitrogen and oxygen atoms in total. The van der Waals surface area contributed by atoms with E-state index >= 15 is 0 Å². The van der Waals surface area contributed by atoms with Crippen molar-refractivity contribution in [2.24, 2.45) is 5.41 Å². The molecule has 0 N–H and O–H groups in total. The highest BCUT2D eigenvalue weighted by molar-refractivity contribution is 6.33. The second kappa shape index (κ2) is 9.20. The second-order valence-electron chi connectivity index (χ2n) is 9.64. The topological polar surface area (TPSA) is 73.9 Å². The van der Waals surface area contributed by atoms with Crippen LogP contribution < -0.4 is 4.74 Å². The lowest BCUT2D eigenvalue weighted by Gasteiger charge is -2.54. The van der Waals surface area contributed by atoms with Gasteiger partial charge in [0.15, 0.2) is 0 Å². The number of hydrogen-bond acceptors (Lipinski definition) is 4. The third-order valence-corrected chi connectivity index (χ3v) is 8.27. The van der Waals surface area contributed by atoms with Gasteiger partial charge in [-0.3, -0.25) is 4.79 Å². The summed E-state index contributed by atoms with van der Waals surface area (Å²) >= 11 is 6.79. The van der Waals surface area contributed by atoms with Gasteiger partial charge in [-0.1, -0.05) is 44.0 Å². The molecule has 0 atom stereocenters. The van der Waals surface area contributed by atoms with Crippen molar-refractivity contribution in [3.05, 3.63) is 52.0 Å². The Morgan fingerprint density at radius 2 is 1.61 bits per heavy atom. The smallest absolute Gasteiger partial charge is 0.310 e. The monoisotopic (exact) mass is 460 g/mol. The predicted molar refractivity (Wildman–Crippen MR) is 129 cm³/mol. The van der Waals surface area contributed by atoms with Gasteiger partial charge in [0.25, 0.3) is 0 Å². The van der Waals surface area contributed by atoms with Crippen LogP contribution in [0, 0.1) is 28.1 Å². The van der Waals surface area contributed by atoms with E-state index in [4.69, 9.17) is 16.3 Å². The van der Waals surface area contributed by atoms with Gasteiger partial charge in [-0.25, -0.2) is 0 Å². The Labute approximate surface area is 201 Å². The number of ether oxygens (including phenoxy) is 1. The van der Waals surface area contributed by atoms with E-state index < -0.39 is 5.97 Å². The summed E-state index contributed by atoms with van der Waals surface area (Å²) in [7, 11) is 0. The Kier molecular flexibility index (Phi) is 6.51. The summed E-state index contributed by atoms with van der Waals surface area (Å²) < 4.78 is 5.26. The molecule has 3 fully saturated rings. The van der Waals surface area contributed by atoms with E-state index in [0.29, 0.717) is 21.6 Å². The Balaban J connectivity index is 1.68. The SMILES string of the molecule is CCCC12CCC(c3ccc(-c4ccc(OC(=O)CC)c(C#N)c4C#N)c(Cl)c3)(CC1)CC2. The van der Waals surface area contributed by atoms with Gasteiger partial charge >= 0.3 is 5.97 Å². The highest BCUT2D eigenvalue weighted by atomic mass is 35.5. The van der Waals surface area contributed by atoms with E-state index in [2.05, 4.69) is 25.1 Å². The number of halogens is 1. The van der Waals surface area contributed by atoms with Gasteiger partial charge in [0, 0.05) is 22.6 Å². The molecule has 3 aliphatic rings. The minimum atomic E-state index is -0.451. The van der Waals surface area contributed by atoms with E-state index in [1.807, 2.05) is 12.1 Å². The van der Waals surface area contributed by atoms with Crippen LogP contribution in [-0.4, -0.2) is 5.97 Å². The summed E-state index contributed by atoms with van der Waals surface area (Å²) in [5, 5.41) is 20.1. The fourth-order valence-corrected chi connectivity index (χ4v) is 6.26. The van der Waals surface area contributed by atoms with Crippen molar-refractivity contribution in [2.75, 3.05) is 0 Å². The fraction of sp³-hybridized carbons (Fsp3) is 0.464. The van der Waals surface area contributed by atoms with Gasteiger partial charge in [0.2, 0.25) is 0 Å². The number of esters is 1. The van der Waals surface area contributed by atoms with E-state index in [1.54, 1.807) is 19.1 Å². The molecule has 33 heavy (non-hydrogen) atoms. The quantitative estimate of drug-likeness (QED) is 0.331. The van der Waals surface area contributed by atoms with Crippen LogP contribution in [0.2, 0.25) is 5.02 Å². The first-order valence-electron chi connectivity index (χ1n) is 11.9. The molecule has 0 heterocycles. The van der Waals surface area contributed by atoms with E-state index in [1.165, 1.54) is 56.9 Å².